The maximum absolute atomic E-state index is 12.1. The lowest BCUT2D eigenvalue weighted by molar-refractivity contribution is -0.127. The van der Waals surface area contributed by atoms with E-state index in [-0.39, 0.29) is 24.3 Å². The molecule has 0 aliphatic carbocycles. The van der Waals surface area contributed by atoms with Gasteiger partial charge in [-0.3, -0.25) is 4.79 Å². The summed E-state index contributed by atoms with van der Waals surface area (Å²) in [5.41, 5.74) is 1.10. The first-order chi connectivity index (χ1) is 10.6. The minimum Gasteiger partial charge on any atom is -0.350 e. The van der Waals surface area contributed by atoms with Gasteiger partial charge in [-0.2, -0.15) is 0 Å². The smallest absolute Gasteiger partial charge is 0.224 e. The molecule has 22 heavy (non-hydrogen) atoms. The molecule has 0 bridgehead atoms. The molecule has 1 aromatic carbocycles. The van der Waals surface area contributed by atoms with Crippen LogP contribution in [0.3, 0.4) is 0 Å². The van der Waals surface area contributed by atoms with Crippen molar-refractivity contribution in [3.05, 3.63) is 34.9 Å². The van der Waals surface area contributed by atoms with Gasteiger partial charge in [0, 0.05) is 37.5 Å². The van der Waals surface area contributed by atoms with E-state index in [1.165, 1.54) is 0 Å². The third-order valence-electron chi connectivity index (χ3n) is 4.28. The fourth-order valence-electron chi connectivity index (χ4n) is 3.13. The van der Waals surface area contributed by atoms with E-state index in [0.717, 1.165) is 18.5 Å². The molecule has 2 atom stereocenters. The van der Waals surface area contributed by atoms with E-state index in [1.54, 1.807) is 0 Å². The highest BCUT2D eigenvalue weighted by Crippen LogP contribution is 2.32. The lowest BCUT2D eigenvalue weighted by atomic mass is 10.00. The summed E-state index contributed by atoms with van der Waals surface area (Å²) >= 11 is 5.95. The van der Waals surface area contributed by atoms with Gasteiger partial charge in [-0.1, -0.05) is 23.7 Å². The first kappa shape index (κ1) is 15.7. The normalized spacial score (nSPS) is 26.1. The molecule has 6 heteroatoms. The molecule has 0 unspecified atom stereocenters. The Balaban J connectivity index is 1.63. The second kappa shape index (κ2) is 6.96. The maximum atomic E-state index is 12.1. The number of likely N-dealkylation sites (tertiary alicyclic amines) is 1. The van der Waals surface area contributed by atoms with Crippen molar-refractivity contribution in [2.24, 2.45) is 0 Å². The molecule has 5 nitrogen and oxygen atoms in total. The zero-order valence-electron chi connectivity index (χ0n) is 12.6. The van der Waals surface area contributed by atoms with Gasteiger partial charge in [-0.25, -0.2) is 0 Å². The predicted octanol–water partition coefficient (Wildman–Crippen LogP) is 1.96. The molecular weight excluding hydrogens is 304 g/mol. The number of rotatable bonds is 5. The molecule has 0 radical (unpaired) electrons. The van der Waals surface area contributed by atoms with E-state index < -0.39 is 0 Å². The van der Waals surface area contributed by atoms with Gasteiger partial charge in [0.15, 0.2) is 6.29 Å². The van der Waals surface area contributed by atoms with Crippen molar-refractivity contribution in [1.29, 1.82) is 0 Å². The number of nitrogens with zero attached hydrogens (tertiary/aromatic N) is 1. The van der Waals surface area contributed by atoms with E-state index in [0.29, 0.717) is 24.7 Å². The molecule has 2 aliphatic rings. The first-order valence-corrected chi connectivity index (χ1v) is 8.00. The van der Waals surface area contributed by atoms with Crippen molar-refractivity contribution in [3.63, 3.8) is 0 Å². The number of nitrogens with one attached hydrogen (secondary N) is 1. The highest BCUT2D eigenvalue weighted by Gasteiger charge is 2.38. The average Bonchev–Trinajstić information content (AvgIpc) is 3.10. The molecular formula is C16H21ClN2O3. The fourth-order valence-corrected chi connectivity index (χ4v) is 3.25. The van der Waals surface area contributed by atoms with Gasteiger partial charge in [-0.15, -0.1) is 0 Å². The zero-order valence-corrected chi connectivity index (χ0v) is 13.4. The van der Waals surface area contributed by atoms with Crippen molar-refractivity contribution in [2.45, 2.75) is 31.2 Å². The van der Waals surface area contributed by atoms with Gasteiger partial charge in [0.05, 0.1) is 19.3 Å². The van der Waals surface area contributed by atoms with E-state index in [4.69, 9.17) is 21.1 Å². The molecule has 2 aliphatic heterocycles. The van der Waals surface area contributed by atoms with Crippen LogP contribution in [0.2, 0.25) is 5.02 Å². The van der Waals surface area contributed by atoms with Crippen molar-refractivity contribution >= 4 is 17.5 Å². The Labute approximate surface area is 135 Å². The lowest BCUT2D eigenvalue weighted by Gasteiger charge is -2.26. The van der Waals surface area contributed by atoms with Gasteiger partial charge >= 0.3 is 0 Å². The molecule has 2 heterocycles. The SMILES string of the molecule is CN1C(=O)C[C@H](NCCC2OCCO2)[C@@H]1c1ccc(Cl)cc1. The molecule has 2 fully saturated rings. The minimum atomic E-state index is -0.115. The standard InChI is InChI=1S/C16H21ClN2O3/c1-19-14(20)10-13(18-7-6-15-21-8-9-22-15)16(19)11-2-4-12(17)5-3-11/h2-5,13,15-16,18H,6-10H2,1H3/t13-,16-/m0/s1. The number of carbonyl (C=O) groups is 1. The van der Waals surface area contributed by atoms with E-state index in [9.17, 15) is 4.79 Å². The summed E-state index contributed by atoms with van der Waals surface area (Å²) in [5.74, 6) is 0.158. The van der Waals surface area contributed by atoms with Crippen LogP contribution in [-0.2, 0) is 14.3 Å². The summed E-state index contributed by atoms with van der Waals surface area (Å²) in [6.45, 7) is 2.10. The van der Waals surface area contributed by atoms with Gasteiger partial charge in [0.2, 0.25) is 5.91 Å². The lowest BCUT2D eigenvalue weighted by Crippen LogP contribution is -2.36. The number of hydrogen-bond donors (Lipinski definition) is 1. The van der Waals surface area contributed by atoms with Gasteiger partial charge in [0.25, 0.3) is 0 Å². The number of ether oxygens (including phenoxy) is 2. The van der Waals surface area contributed by atoms with Gasteiger partial charge in [0.1, 0.15) is 0 Å². The van der Waals surface area contributed by atoms with Crippen molar-refractivity contribution < 1.29 is 14.3 Å². The zero-order chi connectivity index (χ0) is 15.5. The third kappa shape index (κ3) is 3.43. The largest absolute Gasteiger partial charge is 0.350 e. The van der Waals surface area contributed by atoms with Crippen molar-refractivity contribution in [2.75, 3.05) is 26.8 Å². The number of likely N-dealkylation sites (N-methyl/N-ethyl adjacent to an activating group) is 1. The second-order valence-corrected chi connectivity index (χ2v) is 6.16. The average molecular weight is 325 g/mol. The van der Waals surface area contributed by atoms with Crippen LogP contribution in [0.1, 0.15) is 24.4 Å². The van der Waals surface area contributed by atoms with Crippen LogP contribution in [0, 0.1) is 0 Å². The molecule has 0 aromatic heterocycles. The number of halogens is 1. The molecule has 1 aromatic rings. The van der Waals surface area contributed by atoms with Crippen LogP contribution >= 0.6 is 11.6 Å². The molecule has 2 saturated heterocycles. The Morgan fingerprint density at radius 1 is 1.27 bits per heavy atom. The number of hydrogen-bond acceptors (Lipinski definition) is 4. The Morgan fingerprint density at radius 3 is 2.64 bits per heavy atom. The molecule has 120 valence electrons. The quantitative estimate of drug-likeness (QED) is 0.899. The summed E-state index contributed by atoms with van der Waals surface area (Å²) in [6, 6.07) is 7.84. The highest BCUT2D eigenvalue weighted by molar-refractivity contribution is 6.30. The molecule has 3 rings (SSSR count). The second-order valence-electron chi connectivity index (χ2n) is 5.73. The van der Waals surface area contributed by atoms with Gasteiger partial charge < -0.3 is 19.7 Å². The van der Waals surface area contributed by atoms with Crippen LogP contribution in [0.5, 0.6) is 0 Å². The number of amides is 1. The van der Waals surface area contributed by atoms with E-state index >= 15 is 0 Å². The summed E-state index contributed by atoms with van der Waals surface area (Å²) in [6.07, 6.45) is 1.19. The van der Waals surface area contributed by atoms with Crippen molar-refractivity contribution in [1.82, 2.24) is 10.2 Å². The Hall–Kier alpha value is -1.14. The topological polar surface area (TPSA) is 50.8 Å². The molecule has 1 N–H and O–H groups in total. The van der Waals surface area contributed by atoms with Crippen molar-refractivity contribution in [3.8, 4) is 0 Å². The van der Waals surface area contributed by atoms with Crippen LogP contribution in [0.25, 0.3) is 0 Å². The van der Waals surface area contributed by atoms with Gasteiger partial charge in [-0.05, 0) is 17.7 Å². The summed E-state index contributed by atoms with van der Waals surface area (Å²) < 4.78 is 10.9. The molecule has 0 saturated carbocycles. The van der Waals surface area contributed by atoms with Crippen LogP contribution in [-0.4, -0.2) is 49.9 Å². The monoisotopic (exact) mass is 324 g/mol. The van der Waals surface area contributed by atoms with E-state index in [2.05, 4.69) is 5.32 Å². The minimum absolute atomic E-state index is 0.0372. The Morgan fingerprint density at radius 2 is 1.95 bits per heavy atom. The summed E-state index contributed by atoms with van der Waals surface area (Å²) in [5, 5.41) is 4.18. The molecule has 1 amide bonds. The summed E-state index contributed by atoms with van der Waals surface area (Å²) in [4.78, 5) is 13.9. The third-order valence-corrected chi connectivity index (χ3v) is 4.53. The molecule has 0 spiro atoms. The Kier molecular flexibility index (Phi) is 4.98. The van der Waals surface area contributed by atoms with E-state index in [1.807, 2.05) is 36.2 Å². The number of carbonyl (C=O) groups excluding carboxylic acids is 1. The number of benzene rings is 1. The predicted molar refractivity (Wildman–Crippen MR) is 83.7 cm³/mol. The van der Waals surface area contributed by atoms with Crippen LogP contribution < -0.4 is 5.32 Å². The fraction of sp³-hybridized carbons (Fsp3) is 0.562. The maximum Gasteiger partial charge on any atom is 0.224 e. The Bertz CT molecular complexity index is 517. The van der Waals surface area contributed by atoms with Crippen LogP contribution in [0.15, 0.2) is 24.3 Å². The summed E-state index contributed by atoms with van der Waals surface area (Å²) in [7, 11) is 1.85. The first-order valence-electron chi connectivity index (χ1n) is 7.63. The van der Waals surface area contributed by atoms with Crippen LogP contribution in [0.4, 0.5) is 0 Å². The highest BCUT2D eigenvalue weighted by atomic mass is 35.5.